The second kappa shape index (κ2) is 6.30. The average Bonchev–Trinajstić information content (AvgIpc) is 2.39. The molecule has 0 saturated heterocycles. The first-order valence-electron chi connectivity index (χ1n) is 6.68. The molecule has 0 radical (unpaired) electrons. The first-order chi connectivity index (χ1) is 10.2. The molecule has 6 heteroatoms. The molecule has 2 aromatic rings. The lowest BCUT2D eigenvalue weighted by atomic mass is 10.1. The van der Waals surface area contributed by atoms with Gasteiger partial charge >= 0.3 is 0 Å². The lowest BCUT2D eigenvalue weighted by Crippen LogP contribution is -2.14. The Labute approximate surface area is 139 Å². The van der Waals surface area contributed by atoms with Crippen molar-refractivity contribution in [3.05, 3.63) is 51.5 Å². The molecule has 1 N–H and O–H groups in total. The van der Waals surface area contributed by atoms with Gasteiger partial charge < -0.3 is 4.74 Å². The van der Waals surface area contributed by atoms with Gasteiger partial charge in [0.2, 0.25) is 0 Å². The summed E-state index contributed by atoms with van der Waals surface area (Å²) in [6.07, 6.45) is 0. The summed E-state index contributed by atoms with van der Waals surface area (Å²) in [5, 5.41) is 0. The summed E-state index contributed by atoms with van der Waals surface area (Å²) in [6, 6.07) is 8.82. The molecule has 0 heterocycles. The zero-order chi connectivity index (χ0) is 16.5. The Morgan fingerprint density at radius 1 is 1.00 bits per heavy atom. The van der Waals surface area contributed by atoms with Crippen molar-refractivity contribution in [2.75, 3.05) is 11.8 Å². The van der Waals surface area contributed by atoms with E-state index in [0.29, 0.717) is 15.9 Å². The monoisotopic (exact) mass is 383 g/mol. The molecule has 0 aromatic heterocycles. The number of hydrogen-bond acceptors (Lipinski definition) is 3. The van der Waals surface area contributed by atoms with Crippen LogP contribution in [-0.2, 0) is 10.0 Å². The van der Waals surface area contributed by atoms with Crippen LogP contribution in [0.4, 0.5) is 5.69 Å². The molecule has 0 unspecified atom stereocenters. The highest BCUT2D eigenvalue weighted by Gasteiger charge is 2.21. The smallest absolute Gasteiger partial charge is 0.265 e. The third kappa shape index (κ3) is 3.62. The lowest BCUT2D eigenvalue weighted by molar-refractivity contribution is 0.402. The summed E-state index contributed by atoms with van der Waals surface area (Å²) in [4.78, 5) is 0.103. The maximum atomic E-state index is 12.7. The van der Waals surface area contributed by atoms with Gasteiger partial charge in [-0.1, -0.05) is 22.0 Å². The second-order valence-corrected chi connectivity index (χ2v) is 7.74. The van der Waals surface area contributed by atoms with Crippen molar-refractivity contribution in [3.63, 3.8) is 0 Å². The maximum absolute atomic E-state index is 12.7. The molecular formula is C16H18BrNO3S. The van der Waals surface area contributed by atoms with Gasteiger partial charge in [-0.15, -0.1) is 0 Å². The summed E-state index contributed by atoms with van der Waals surface area (Å²) < 4.78 is 33.8. The number of anilines is 1. The van der Waals surface area contributed by atoms with Crippen molar-refractivity contribution in [3.8, 4) is 5.75 Å². The Hall–Kier alpha value is -1.53. The highest BCUT2D eigenvalue weighted by molar-refractivity contribution is 9.10. The SMILES string of the molecule is COc1cc(C)c(Br)cc1S(=O)(=O)Nc1cc(C)cc(C)c1. The Bertz CT molecular complexity index is 796. The van der Waals surface area contributed by atoms with Crippen molar-refractivity contribution in [2.45, 2.75) is 25.7 Å². The van der Waals surface area contributed by atoms with Crippen LogP contribution in [0.1, 0.15) is 16.7 Å². The molecule has 0 atom stereocenters. The molecule has 2 aromatic carbocycles. The standard InChI is InChI=1S/C16H18BrNO3S/c1-10-5-11(2)7-13(6-10)18-22(19,20)16-9-14(17)12(3)8-15(16)21-4/h5-9,18H,1-4H3. The third-order valence-corrected chi connectivity index (χ3v) is 5.47. The maximum Gasteiger partial charge on any atom is 0.265 e. The van der Waals surface area contributed by atoms with Crippen molar-refractivity contribution >= 4 is 31.6 Å². The molecule has 0 aliphatic rings. The number of rotatable bonds is 4. The number of hydrogen-bond donors (Lipinski definition) is 1. The zero-order valence-corrected chi connectivity index (χ0v) is 15.3. The van der Waals surface area contributed by atoms with E-state index in [9.17, 15) is 8.42 Å². The minimum absolute atomic E-state index is 0.103. The van der Waals surface area contributed by atoms with E-state index in [1.54, 1.807) is 24.3 Å². The number of benzene rings is 2. The van der Waals surface area contributed by atoms with Gasteiger partial charge in [0.15, 0.2) is 0 Å². The van der Waals surface area contributed by atoms with Crippen molar-refractivity contribution in [1.82, 2.24) is 0 Å². The highest BCUT2D eigenvalue weighted by atomic mass is 79.9. The number of methoxy groups -OCH3 is 1. The van der Waals surface area contributed by atoms with Crippen LogP contribution in [0.25, 0.3) is 0 Å². The number of aryl methyl sites for hydroxylation is 3. The quantitative estimate of drug-likeness (QED) is 0.860. The Balaban J connectivity index is 2.49. The first-order valence-corrected chi connectivity index (χ1v) is 8.96. The van der Waals surface area contributed by atoms with E-state index in [2.05, 4.69) is 20.7 Å². The van der Waals surface area contributed by atoms with Gasteiger partial charge in [-0.25, -0.2) is 8.42 Å². The van der Waals surface area contributed by atoms with Gasteiger partial charge in [0.25, 0.3) is 10.0 Å². The topological polar surface area (TPSA) is 55.4 Å². The van der Waals surface area contributed by atoms with Crippen LogP contribution in [-0.4, -0.2) is 15.5 Å². The average molecular weight is 384 g/mol. The van der Waals surface area contributed by atoms with Crippen molar-refractivity contribution in [1.29, 1.82) is 0 Å². The van der Waals surface area contributed by atoms with Gasteiger partial charge in [0.05, 0.1) is 7.11 Å². The van der Waals surface area contributed by atoms with Gasteiger partial charge in [-0.3, -0.25) is 4.72 Å². The molecule has 22 heavy (non-hydrogen) atoms. The summed E-state index contributed by atoms with van der Waals surface area (Å²) in [5.41, 5.74) is 3.43. The highest BCUT2D eigenvalue weighted by Crippen LogP contribution is 2.31. The number of nitrogens with one attached hydrogen (secondary N) is 1. The predicted molar refractivity (Wildman–Crippen MR) is 92.2 cm³/mol. The summed E-state index contributed by atoms with van der Waals surface area (Å²) in [5.74, 6) is 0.317. The fourth-order valence-electron chi connectivity index (χ4n) is 2.25. The molecular weight excluding hydrogens is 366 g/mol. The second-order valence-electron chi connectivity index (χ2n) is 5.23. The molecule has 118 valence electrons. The number of halogens is 1. The van der Waals surface area contributed by atoms with Crippen LogP contribution < -0.4 is 9.46 Å². The molecule has 0 aliphatic heterocycles. The van der Waals surface area contributed by atoms with Crippen LogP contribution in [0, 0.1) is 20.8 Å². The van der Waals surface area contributed by atoms with Crippen LogP contribution >= 0.6 is 15.9 Å². The molecule has 2 rings (SSSR count). The summed E-state index contributed by atoms with van der Waals surface area (Å²) in [6.45, 7) is 5.72. The molecule has 0 bridgehead atoms. The van der Waals surface area contributed by atoms with Crippen molar-refractivity contribution < 1.29 is 13.2 Å². The van der Waals surface area contributed by atoms with Crippen LogP contribution in [0.2, 0.25) is 0 Å². The minimum Gasteiger partial charge on any atom is -0.495 e. The molecule has 0 spiro atoms. The Morgan fingerprint density at radius 2 is 1.59 bits per heavy atom. The fourth-order valence-corrected chi connectivity index (χ4v) is 3.96. The van der Waals surface area contributed by atoms with E-state index in [1.807, 2.05) is 26.8 Å². The van der Waals surface area contributed by atoms with E-state index in [4.69, 9.17) is 4.74 Å². The van der Waals surface area contributed by atoms with E-state index in [0.717, 1.165) is 16.7 Å². The molecule has 4 nitrogen and oxygen atoms in total. The summed E-state index contributed by atoms with van der Waals surface area (Å²) in [7, 11) is -2.28. The van der Waals surface area contributed by atoms with Crippen LogP contribution in [0.15, 0.2) is 39.7 Å². The minimum atomic E-state index is -3.73. The Morgan fingerprint density at radius 3 is 2.14 bits per heavy atom. The Kier molecular flexibility index (Phi) is 4.82. The van der Waals surface area contributed by atoms with Gasteiger partial charge in [-0.05, 0) is 61.7 Å². The van der Waals surface area contributed by atoms with Gasteiger partial charge in [0, 0.05) is 10.2 Å². The fraction of sp³-hybridized carbons (Fsp3) is 0.250. The predicted octanol–water partition coefficient (Wildman–Crippen LogP) is 4.18. The van der Waals surface area contributed by atoms with E-state index >= 15 is 0 Å². The van der Waals surface area contributed by atoms with E-state index < -0.39 is 10.0 Å². The number of sulfonamides is 1. The van der Waals surface area contributed by atoms with Crippen LogP contribution in [0.3, 0.4) is 0 Å². The molecule has 0 fully saturated rings. The molecule has 0 saturated carbocycles. The van der Waals surface area contributed by atoms with Gasteiger partial charge in [0.1, 0.15) is 10.6 Å². The van der Waals surface area contributed by atoms with Crippen LogP contribution in [0.5, 0.6) is 5.75 Å². The largest absolute Gasteiger partial charge is 0.495 e. The first kappa shape index (κ1) is 16.8. The van der Waals surface area contributed by atoms with Gasteiger partial charge in [-0.2, -0.15) is 0 Å². The molecule has 0 amide bonds. The molecule has 0 aliphatic carbocycles. The summed E-state index contributed by atoms with van der Waals surface area (Å²) >= 11 is 3.36. The lowest BCUT2D eigenvalue weighted by Gasteiger charge is -2.14. The van der Waals surface area contributed by atoms with Crippen molar-refractivity contribution in [2.24, 2.45) is 0 Å². The number of ether oxygens (including phenoxy) is 1. The third-order valence-electron chi connectivity index (χ3n) is 3.21. The zero-order valence-electron chi connectivity index (χ0n) is 12.9. The van der Waals surface area contributed by atoms with E-state index in [1.165, 1.54) is 7.11 Å². The van der Waals surface area contributed by atoms with E-state index in [-0.39, 0.29) is 4.90 Å². The normalized spacial score (nSPS) is 11.3.